The Morgan fingerprint density at radius 3 is 2.89 bits per heavy atom. The van der Waals surface area contributed by atoms with E-state index < -0.39 is 0 Å². The van der Waals surface area contributed by atoms with Gasteiger partial charge in [0.05, 0.1) is 3.79 Å². The van der Waals surface area contributed by atoms with Crippen molar-refractivity contribution in [1.82, 2.24) is 10.3 Å². The van der Waals surface area contributed by atoms with Crippen molar-refractivity contribution >= 4 is 33.1 Å². The molecule has 0 fully saturated rings. The lowest BCUT2D eigenvalue weighted by Crippen LogP contribution is -2.17. The summed E-state index contributed by atoms with van der Waals surface area (Å²) in [5, 5.41) is 5.32. The predicted molar refractivity (Wildman–Crippen MR) is 81.1 cm³/mol. The van der Waals surface area contributed by atoms with E-state index in [1.54, 1.807) is 11.3 Å². The summed E-state index contributed by atoms with van der Waals surface area (Å²) in [6.45, 7) is 1.74. The number of aromatic nitrogens is 1. The topological polar surface area (TPSA) is 28.2 Å². The molecular formula is C13H16BrN3S. The van der Waals surface area contributed by atoms with E-state index in [9.17, 15) is 0 Å². The molecule has 3 nitrogen and oxygen atoms in total. The van der Waals surface area contributed by atoms with Crippen LogP contribution in [0.2, 0.25) is 0 Å². The number of hydrogen-bond donors (Lipinski definition) is 1. The molecule has 0 aromatic carbocycles. The maximum absolute atomic E-state index is 4.41. The summed E-state index contributed by atoms with van der Waals surface area (Å²) in [6.07, 6.45) is 1.86. The SMILES string of the molecule is CNCc1ccnc(N(C)Cc2csc(Br)c2)c1. The maximum Gasteiger partial charge on any atom is 0.128 e. The Kier molecular flexibility index (Phi) is 4.74. The van der Waals surface area contributed by atoms with Crippen LogP contribution in [0.5, 0.6) is 0 Å². The highest BCUT2D eigenvalue weighted by molar-refractivity contribution is 9.11. The molecule has 2 aromatic rings. The van der Waals surface area contributed by atoms with E-state index in [1.165, 1.54) is 14.9 Å². The fraction of sp³-hybridized carbons (Fsp3) is 0.308. The van der Waals surface area contributed by atoms with E-state index in [0.717, 1.165) is 18.9 Å². The highest BCUT2D eigenvalue weighted by atomic mass is 79.9. The van der Waals surface area contributed by atoms with Crippen molar-refractivity contribution in [3.05, 3.63) is 44.7 Å². The van der Waals surface area contributed by atoms with E-state index in [1.807, 2.05) is 19.3 Å². The standard InChI is InChI=1S/C13H16BrN3S/c1-15-7-10-3-4-16-13(6-10)17(2)8-11-5-12(14)18-9-11/h3-6,9,15H,7-8H2,1-2H3. The lowest BCUT2D eigenvalue weighted by Gasteiger charge is -2.18. The van der Waals surface area contributed by atoms with Crippen molar-refractivity contribution in [3.63, 3.8) is 0 Å². The zero-order valence-electron chi connectivity index (χ0n) is 10.5. The van der Waals surface area contributed by atoms with Gasteiger partial charge in [-0.25, -0.2) is 4.98 Å². The summed E-state index contributed by atoms with van der Waals surface area (Å²) in [6, 6.07) is 6.31. The quantitative estimate of drug-likeness (QED) is 0.914. The fourth-order valence-corrected chi connectivity index (χ4v) is 2.97. The number of pyridine rings is 1. The third-order valence-corrected chi connectivity index (χ3v) is 4.18. The van der Waals surface area contributed by atoms with Crippen LogP contribution in [0.25, 0.3) is 0 Å². The van der Waals surface area contributed by atoms with Gasteiger partial charge in [-0.15, -0.1) is 11.3 Å². The number of anilines is 1. The Balaban J connectivity index is 2.08. The Morgan fingerprint density at radius 2 is 2.22 bits per heavy atom. The highest BCUT2D eigenvalue weighted by Gasteiger charge is 2.06. The first-order valence-corrected chi connectivity index (χ1v) is 7.40. The Labute approximate surface area is 120 Å². The van der Waals surface area contributed by atoms with Crippen LogP contribution < -0.4 is 10.2 Å². The maximum atomic E-state index is 4.41. The van der Waals surface area contributed by atoms with Gasteiger partial charge < -0.3 is 10.2 Å². The largest absolute Gasteiger partial charge is 0.355 e. The van der Waals surface area contributed by atoms with E-state index in [4.69, 9.17) is 0 Å². The molecule has 0 radical (unpaired) electrons. The molecular weight excluding hydrogens is 310 g/mol. The van der Waals surface area contributed by atoms with E-state index in [2.05, 4.69) is 55.7 Å². The van der Waals surface area contributed by atoms with Crippen LogP contribution >= 0.6 is 27.3 Å². The lowest BCUT2D eigenvalue weighted by atomic mass is 10.2. The average Bonchev–Trinajstić information content (AvgIpc) is 2.75. The van der Waals surface area contributed by atoms with Gasteiger partial charge in [0, 0.05) is 26.3 Å². The molecule has 0 saturated carbocycles. The van der Waals surface area contributed by atoms with E-state index in [-0.39, 0.29) is 0 Å². The number of nitrogens with zero attached hydrogens (tertiary/aromatic N) is 2. The van der Waals surface area contributed by atoms with Crippen LogP contribution in [-0.2, 0) is 13.1 Å². The molecule has 2 aromatic heterocycles. The van der Waals surface area contributed by atoms with Gasteiger partial charge in [0.25, 0.3) is 0 Å². The van der Waals surface area contributed by atoms with Crippen LogP contribution in [0.4, 0.5) is 5.82 Å². The fourth-order valence-electron chi connectivity index (χ4n) is 1.77. The average molecular weight is 326 g/mol. The zero-order chi connectivity index (χ0) is 13.0. The summed E-state index contributed by atoms with van der Waals surface area (Å²) in [4.78, 5) is 6.57. The van der Waals surface area contributed by atoms with Gasteiger partial charge in [-0.2, -0.15) is 0 Å². The van der Waals surface area contributed by atoms with Crippen LogP contribution in [0.3, 0.4) is 0 Å². The molecule has 2 heterocycles. The molecule has 5 heteroatoms. The summed E-state index contributed by atoms with van der Waals surface area (Å²) in [7, 11) is 4.02. The molecule has 96 valence electrons. The summed E-state index contributed by atoms with van der Waals surface area (Å²) < 4.78 is 1.17. The molecule has 0 amide bonds. The molecule has 0 atom stereocenters. The van der Waals surface area contributed by atoms with E-state index >= 15 is 0 Å². The third-order valence-electron chi connectivity index (χ3n) is 2.62. The summed E-state index contributed by atoms with van der Waals surface area (Å²) in [5.74, 6) is 1.00. The lowest BCUT2D eigenvalue weighted by molar-refractivity contribution is 0.811. The van der Waals surface area contributed by atoms with Crippen LogP contribution in [0.15, 0.2) is 33.6 Å². The Bertz CT molecular complexity index is 512. The van der Waals surface area contributed by atoms with Crippen LogP contribution in [0, 0.1) is 0 Å². The summed E-state index contributed by atoms with van der Waals surface area (Å²) in [5.41, 5.74) is 2.55. The first kappa shape index (κ1) is 13.5. The van der Waals surface area contributed by atoms with Crippen LogP contribution in [-0.4, -0.2) is 19.1 Å². The van der Waals surface area contributed by atoms with Gasteiger partial charge in [0.15, 0.2) is 0 Å². The zero-order valence-corrected chi connectivity index (χ0v) is 12.9. The first-order chi connectivity index (χ1) is 8.69. The molecule has 0 aliphatic carbocycles. The molecule has 0 unspecified atom stereocenters. The monoisotopic (exact) mass is 325 g/mol. The third kappa shape index (κ3) is 3.54. The number of nitrogens with one attached hydrogen (secondary N) is 1. The highest BCUT2D eigenvalue weighted by Crippen LogP contribution is 2.22. The molecule has 2 rings (SSSR count). The van der Waals surface area contributed by atoms with Crippen molar-refractivity contribution in [1.29, 1.82) is 0 Å². The van der Waals surface area contributed by atoms with Gasteiger partial charge >= 0.3 is 0 Å². The minimum Gasteiger partial charge on any atom is -0.355 e. The smallest absolute Gasteiger partial charge is 0.128 e. The van der Waals surface area contributed by atoms with Gasteiger partial charge in [-0.1, -0.05) is 0 Å². The normalized spacial score (nSPS) is 10.6. The second-order valence-corrected chi connectivity index (χ2v) is 6.46. The van der Waals surface area contributed by atoms with Crippen molar-refractivity contribution in [3.8, 4) is 0 Å². The molecule has 0 bridgehead atoms. The Morgan fingerprint density at radius 1 is 1.39 bits per heavy atom. The van der Waals surface area contributed by atoms with E-state index in [0.29, 0.717) is 0 Å². The molecule has 0 aliphatic rings. The number of hydrogen-bond acceptors (Lipinski definition) is 4. The molecule has 0 aliphatic heterocycles. The van der Waals surface area contributed by atoms with Crippen molar-refractivity contribution in [2.24, 2.45) is 0 Å². The molecule has 18 heavy (non-hydrogen) atoms. The minimum atomic E-state index is 0.868. The molecule has 0 spiro atoms. The molecule has 1 N–H and O–H groups in total. The van der Waals surface area contributed by atoms with Crippen molar-refractivity contribution in [2.75, 3.05) is 19.0 Å². The number of thiophene rings is 1. The van der Waals surface area contributed by atoms with Crippen molar-refractivity contribution < 1.29 is 0 Å². The summed E-state index contributed by atoms with van der Waals surface area (Å²) >= 11 is 5.20. The number of halogens is 1. The Hall–Kier alpha value is -0.910. The van der Waals surface area contributed by atoms with Gasteiger partial charge in [-0.05, 0) is 57.7 Å². The second-order valence-electron chi connectivity index (χ2n) is 4.17. The minimum absolute atomic E-state index is 0.868. The van der Waals surface area contributed by atoms with Gasteiger partial charge in [0.2, 0.25) is 0 Å². The van der Waals surface area contributed by atoms with Crippen LogP contribution in [0.1, 0.15) is 11.1 Å². The van der Waals surface area contributed by atoms with Crippen molar-refractivity contribution in [2.45, 2.75) is 13.1 Å². The van der Waals surface area contributed by atoms with Gasteiger partial charge in [0.1, 0.15) is 5.82 Å². The first-order valence-electron chi connectivity index (χ1n) is 5.72. The molecule has 0 saturated heterocycles. The predicted octanol–water partition coefficient (Wildman–Crippen LogP) is 3.26. The second kappa shape index (κ2) is 6.31. The van der Waals surface area contributed by atoms with Gasteiger partial charge in [-0.3, -0.25) is 0 Å². The number of rotatable bonds is 5.